The number of hydrogen-bond acceptors (Lipinski definition) is 8. The fourth-order valence-electron chi connectivity index (χ4n) is 6.36. The van der Waals surface area contributed by atoms with Crippen LogP contribution < -0.4 is 11.3 Å². The summed E-state index contributed by atoms with van der Waals surface area (Å²) in [4.78, 5) is 33.2. The van der Waals surface area contributed by atoms with E-state index >= 15 is 4.39 Å². The van der Waals surface area contributed by atoms with Gasteiger partial charge in [-0.2, -0.15) is 10.1 Å². The van der Waals surface area contributed by atoms with Crippen molar-refractivity contribution in [3.63, 3.8) is 0 Å². The zero-order chi connectivity index (χ0) is 32.6. The number of fused-ring (bicyclic) bond motifs is 1. The van der Waals surface area contributed by atoms with Crippen molar-refractivity contribution in [2.45, 2.75) is 90.4 Å². The molecule has 0 saturated heterocycles. The van der Waals surface area contributed by atoms with E-state index in [1.165, 1.54) is 6.07 Å². The van der Waals surface area contributed by atoms with Crippen LogP contribution in [0.3, 0.4) is 0 Å². The van der Waals surface area contributed by atoms with Gasteiger partial charge in [0.05, 0.1) is 24.0 Å². The molecule has 0 spiro atoms. The van der Waals surface area contributed by atoms with E-state index in [2.05, 4.69) is 24.7 Å². The van der Waals surface area contributed by atoms with Gasteiger partial charge in [-0.15, -0.1) is 0 Å². The molecule has 2 N–H and O–H groups in total. The molecule has 0 bridgehead atoms. The molecule has 11 nitrogen and oxygen atoms in total. The number of ether oxygens (including phenoxy) is 1. The number of nitrogens with one attached hydrogen (secondary N) is 1. The van der Waals surface area contributed by atoms with E-state index in [0.717, 1.165) is 25.0 Å². The van der Waals surface area contributed by atoms with Crippen molar-refractivity contribution in [2.75, 3.05) is 6.61 Å². The Morgan fingerprint density at radius 1 is 1.11 bits per heavy atom. The average molecular weight is 671 g/mol. The van der Waals surface area contributed by atoms with E-state index in [1.54, 1.807) is 47.2 Å². The van der Waals surface area contributed by atoms with Crippen molar-refractivity contribution in [1.82, 2.24) is 29.3 Å². The second kappa shape index (κ2) is 14.8. The van der Waals surface area contributed by atoms with E-state index in [9.17, 15) is 14.7 Å². The summed E-state index contributed by atoms with van der Waals surface area (Å²) in [5.74, 6) is 0.200. The number of halogens is 1. The number of aliphatic hydroxyl groups is 1. The van der Waals surface area contributed by atoms with Crippen LogP contribution in [0.1, 0.15) is 81.6 Å². The Bertz CT molecular complexity index is 1980. The van der Waals surface area contributed by atoms with E-state index in [-0.39, 0.29) is 87.9 Å². The van der Waals surface area contributed by atoms with Crippen LogP contribution in [0.5, 0.6) is 0 Å². The van der Waals surface area contributed by atoms with Gasteiger partial charge < -0.3 is 9.84 Å². The predicted molar refractivity (Wildman–Crippen MR) is 177 cm³/mol. The normalized spacial score (nSPS) is 16.8. The Morgan fingerprint density at radius 2 is 1.83 bits per heavy atom. The quantitative estimate of drug-likeness (QED) is 0.207. The Hall–Kier alpha value is -2.78. The molecule has 3 heterocycles. The number of aromatic nitrogens is 6. The minimum absolute atomic E-state index is 0. The molecule has 3 aromatic heterocycles. The van der Waals surface area contributed by atoms with Gasteiger partial charge >= 0.3 is 57.1 Å². The number of H-pyrrole nitrogens is 1. The molecule has 47 heavy (non-hydrogen) atoms. The van der Waals surface area contributed by atoms with Crippen molar-refractivity contribution in [3.8, 4) is 22.5 Å². The number of rotatable bonds is 10. The van der Waals surface area contributed by atoms with Gasteiger partial charge in [0.1, 0.15) is 11.6 Å². The molecule has 13 heteroatoms. The third-order valence-electron chi connectivity index (χ3n) is 8.51. The van der Waals surface area contributed by atoms with Crippen molar-refractivity contribution in [2.24, 2.45) is 0 Å². The van der Waals surface area contributed by atoms with Gasteiger partial charge in [-0.05, 0) is 75.6 Å². The number of aromatic amines is 1. The van der Waals surface area contributed by atoms with Gasteiger partial charge in [0.15, 0.2) is 5.82 Å². The standard InChI is InChI=1S/C34H39FN6O5.K.H/c1-5-8-29-27(17-22-12-11-21(18-28(22)35)25-9-6-7-10-26(25)30-37-33(43)46-39-30)31(42)40(32-36-20(2)38-41(29)32)23-13-15-24(16-14-23)45-19-34(3,4)44;;/h6-7,9-12,18,23-24,44H,5,8,13-17,19H2,1-4H3,(H,37,39,43);;. The summed E-state index contributed by atoms with van der Waals surface area (Å²) in [5.41, 5.74) is 2.42. The Morgan fingerprint density at radius 3 is 2.47 bits per heavy atom. The summed E-state index contributed by atoms with van der Waals surface area (Å²) in [5, 5.41) is 18.6. The summed E-state index contributed by atoms with van der Waals surface area (Å²) >= 11 is 0. The van der Waals surface area contributed by atoms with Crippen LogP contribution in [-0.2, 0) is 17.6 Å². The third-order valence-corrected chi connectivity index (χ3v) is 8.51. The third kappa shape index (κ3) is 7.77. The molecule has 0 unspecified atom stereocenters. The van der Waals surface area contributed by atoms with Crippen molar-refractivity contribution >= 4 is 57.2 Å². The number of nitrogens with zero attached hydrogens (tertiary/aromatic N) is 5. The predicted octanol–water partition coefficient (Wildman–Crippen LogP) is 4.51. The molecule has 1 aliphatic rings. The molecule has 2 aromatic carbocycles. The van der Waals surface area contributed by atoms with Gasteiger partial charge in [-0.3, -0.25) is 18.9 Å². The molecule has 1 saturated carbocycles. The number of aryl methyl sites for hydroxylation is 2. The molecular weight excluding hydrogens is 631 g/mol. The molecular formula is C34H40FKN6O5. The average Bonchev–Trinajstić information content (AvgIpc) is 3.63. The number of benzene rings is 2. The molecule has 0 radical (unpaired) electrons. The van der Waals surface area contributed by atoms with Crippen LogP contribution in [0, 0.1) is 12.7 Å². The van der Waals surface area contributed by atoms with Gasteiger partial charge in [0.25, 0.3) is 5.56 Å². The zero-order valence-electron chi connectivity index (χ0n) is 26.5. The van der Waals surface area contributed by atoms with Gasteiger partial charge in [0, 0.05) is 23.6 Å². The first kappa shape index (κ1) is 35.5. The summed E-state index contributed by atoms with van der Waals surface area (Å²) in [6.07, 6.45) is 4.39. The van der Waals surface area contributed by atoms with Gasteiger partial charge in [-0.25, -0.2) is 13.7 Å². The van der Waals surface area contributed by atoms with E-state index in [1.807, 2.05) is 26.0 Å². The van der Waals surface area contributed by atoms with Crippen LogP contribution in [0.2, 0.25) is 0 Å². The molecule has 5 aromatic rings. The van der Waals surface area contributed by atoms with Crippen LogP contribution >= 0.6 is 0 Å². The summed E-state index contributed by atoms with van der Waals surface area (Å²) < 4.78 is 30.1. The van der Waals surface area contributed by atoms with Crippen molar-refractivity contribution in [1.29, 1.82) is 0 Å². The fraction of sp³-hybridized carbons (Fsp3) is 0.441. The number of hydrogen-bond donors (Lipinski definition) is 2. The van der Waals surface area contributed by atoms with Crippen LogP contribution in [0.4, 0.5) is 4.39 Å². The maximum atomic E-state index is 15.9. The topological polar surface area (TPSA) is 141 Å². The monoisotopic (exact) mass is 670 g/mol. The molecule has 1 aliphatic carbocycles. The first-order valence-electron chi connectivity index (χ1n) is 15.8. The van der Waals surface area contributed by atoms with Crippen molar-refractivity contribution in [3.05, 3.63) is 91.8 Å². The van der Waals surface area contributed by atoms with Gasteiger partial charge in [-0.1, -0.05) is 54.9 Å². The van der Waals surface area contributed by atoms with E-state index in [0.29, 0.717) is 58.7 Å². The first-order valence-corrected chi connectivity index (χ1v) is 15.8. The van der Waals surface area contributed by atoms with Crippen LogP contribution in [0.15, 0.2) is 56.6 Å². The summed E-state index contributed by atoms with van der Waals surface area (Å²) in [6, 6.07) is 12.1. The summed E-state index contributed by atoms with van der Waals surface area (Å²) in [7, 11) is 0. The zero-order valence-corrected chi connectivity index (χ0v) is 26.5. The SMILES string of the molecule is CCCc1c(Cc2ccc(-c3ccccc3-c3noc(=O)[nH]3)cc2F)c(=O)n(C2CCC(OCC(C)(C)O)CC2)c2nc(C)nn12.[KH]. The fourth-order valence-corrected chi connectivity index (χ4v) is 6.36. The van der Waals surface area contributed by atoms with Crippen LogP contribution in [-0.4, -0.2) is 104 Å². The first-order chi connectivity index (χ1) is 22.0. The summed E-state index contributed by atoms with van der Waals surface area (Å²) in [6.45, 7) is 7.54. The molecule has 6 rings (SSSR count). The molecule has 244 valence electrons. The maximum absolute atomic E-state index is 15.9. The van der Waals surface area contributed by atoms with Gasteiger partial charge in [0.2, 0.25) is 5.78 Å². The van der Waals surface area contributed by atoms with E-state index < -0.39 is 17.2 Å². The minimum atomic E-state index is -0.906. The van der Waals surface area contributed by atoms with E-state index in [4.69, 9.17) is 4.74 Å². The molecule has 0 amide bonds. The molecule has 0 atom stereocenters. The second-order valence-electron chi connectivity index (χ2n) is 12.7. The Labute approximate surface area is 314 Å². The second-order valence-corrected chi connectivity index (χ2v) is 12.7. The van der Waals surface area contributed by atoms with Crippen LogP contribution in [0.25, 0.3) is 28.3 Å². The molecule has 0 aliphatic heterocycles. The Balaban J connectivity index is 0.00000433. The van der Waals surface area contributed by atoms with Crippen molar-refractivity contribution < 1.29 is 18.8 Å². The Kier molecular flexibility index (Phi) is 11.2. The molecule has 1 fully saturated rings.